The fourth-order valence-electron chi connectivity index (χ4n) is 8.93. The molecule has 3 aromatic rings. The lowest BCUT2D eigenvalue weighted by Crippen LogP contribution is -2.57. The summed E-state index contributed by atoms with van der Waals surface area (Å²) in [5, 5.41) is 8.83. The summed E-state index contributed by atoms with van der Waals surface area (Å²) >= 11 is 0. The van der Waals surface area contributed by atoms with Gasteiger partial charge in [0.05, 0.1) is 50.8 Å². The molecule has 4 N–H and O–H groups in total. The second-order valence-electron chi connectivity index (χ2n) is 15.7. The van der Waals surface area contributed by atoms with Crippen molar-refractivity contribution >= 4 is 35.5 Å². The number of imidazole rings is 1. The molecule has 1 aromatic heterocycles. The number of nitrogens with one attached hydrogen (secondary N) is 4. The molecule has 3 fully saturated rings. The van der Waals surface area contributed by atoms with Crippen molar-refractivity contribution in [2.45, 2.75) is 81.8 Å². The number of likely N-dealkylation sites (tertiary alicyclic amines) is 2. The molecule has 4 amide bonds. The summed E-state index contributed by atoms with van der Waals surface area (Å²) in [6, 6.07) is 8.94. The zero-order valence-electron chi connectivity index (χ0n) is 34.3. The molecule has 1 unspecified atom stereocenters. The van der Waals surface area contributed by atoms with Crippen LogP contribution in [-0.2, 0) is 23.8 Å². The summed E-state index contributed by atoms with van der Waals surface area (Å²) in [6.07, 6.45) is 3.70. The first-order valence-corrected chi connectivity index (χ1v) is 20.5. The van der Waals surface area contributed by atoms with Gasteiger partial charge in [0, 0.05) is 44.9 Å². The minimum Gasteiger partial charge on any atom is -0.453 e. The Hall–Kier alpha value is -5.78. The molecule has 0 radical (unpaired) electrons. The van der Waals surface area contributed by atoms with Gasteiger partial charge in [0.2, 0.25) is 5.91 Å². The Kier molecular flexibility index (Phi) is 13.2. The lowest BCUT2D eigenvalue weighted by Gasteiger charge is -2.37. The highest BCUT2D eigenvalue weighted by atomic mass is 19.1. The lowest BCUT2D eigenvalue weighted by atomic mass is 9.89. The van der Waals surface area contributed by atoms with Crippen LogP contribution < -0.4 is 20.9 Å². The predicted octanol–water partition coefficient (Wildman–Crippen LogP) is 4.45. The number of ether oxygens (including phenoxy) is 3. The van der Waals surface area contributed by atoms with Gasteiger partial charge >= 0.3 is 12.2 Å². The van der Waals surface area contributed by atoms with Crippen molar-refractivity contribution < 1.29 is 42.2 Å². The third-order valence-electron chi connectivity index (χ3n) is 12.2. The molecular weight excluding hydrogens is 781 g/mol. The molecule has 0 aliphatic carbocycles. The molecule has 0 saturated carbocycles. The van der Waals surface area contributed by atoms with E-state index >= 15 is 8.78 Å². The van der Waals surface area contributed by atoms with E-state index in [2.05, 4.69) is 25.9 Å². The van der Waals surface area contributed by atoms with E-state index in [1.807, 2.05) is 6.07 Å². The minimum absolute atomic E-state index is 0.0210. The molecule has 322 valence electrons. The SMILES string of the molecule is COC(=O)N[C@H](C(=O)N1CCC[C@H]1C1=NCC(C2CCN(c3c(F)cc(-c4cnc([C@@H]5CCCN5C(=O)[C@H](NC(=O)OC)c5ccccc5)[nH]4)cc3F)CC2)N1)[C@@H](C)OC. The number of H-pyrrole nitrogens is 1. The topological polar surface area (TPSA) is 183 Å². The van der Waals surface area contributed by atoms with Gasteiger partial charge in [-0.3, -0.25) is 14.6 Å². The number of carbonyl (C=O) groups is 4. The number of aromatic nitrogens is 2. The van der Waals surface area contributed by atoms with Crippen molar-refractivity contribution in [2.75, 3.05) is 59.0 Å². The van der Waals surface area contributed by atoms with Crippen LogP contribution in [0.1, 0.15) is 68.9 Å². The van der Waals surface area contributed by atoms with Crippen LogP contribution in [0.3, 0.4) is 0 Å². The molecule has 60 heavy (non-hydrogen) atoms. The van der Waals surface area contributed by atoms with Crippen LogP contribution in [0.5, 0.6) is 0 Å². The molecule has 0 bridgehead atoms. The number of nitrogens with zero attached hydrogens (tertiary/aromatic N) is 5. The van der Waals surface area contributed by atoms with Crippen molar-refractivity contribution in [3.8, 4) is 11.3 Å². The van der Waals surface area contributed by atoms with Gasteiger partial charge in [0.25, 0.3) is 5.91 Å². The molecule has 0 spiro atoms. The highest BCUT2D eigenvalue weighted by molar-refractivity contribution is 5.95. The molecular formula is C42H53F2N9O7. The van der Waals surface area contributed by atoms with Gasteiger partial charge in [-0.25, -0.2) is 23.4 Å². The van der Waals surface area contributed by atoms with Gasteiger partial charge in [-0.1, -0.05) is 30.3 Å². The maximum atomic E-state index is 15.9. The number of rotatable bonds is 12. The number of methoxy groups -OCH3 is 3. The van der Waals surface area contributed by atoms with Crippen molar-refractivity contribution in [3.05, 3.63) is 71.7 Å². The second-order valence-corrected chi connectivity index (χ2v) is 15.7. The molecule has 3 saturated heterocycles. The number of aliphatic imine (C=N–C) groups is 1. The number of benzene rings is 2. The van der Waals surface area contributed by atoms with E-state index < -0.39 is 48.1 Å². The Balaban J connectivity index is 0.965. The fourth-order valence-corrected chi connectivity index (χ4v) is 8.93. The van der Waals surface area contributed by atoms with E-state index in [9.17, 15) is 19.2 Å². The molecule has 6 atom stereocenters. The normalized spacial score (nSPS) is 22.1. The number of hydrogen-bond donors (Lipinski definition) is 4. The summed E-state index contributed by atoms with van der Waals surface area (Å²) in [4.78, 5) is 69.5. The zero-order chi connectivity index (χ0) is 42.5. The van der Waals surface area contributed by atoms with E-state index in [-0.39, 0.29) is 41.1 Å². The standard InChI is InChI=1S/C42H53F2N9O7/c1-24(58-2)34(49-41(56)59-3)39(54)52-16-8-12-32(52)37-45-22-30(47-37)25-14-18-51(19-15-25)36-28(43)20-27(21-29(36)44)31-23-46-38(48-31)33-13-9-17-53(33)40(55)35(50-42(57)60-4)26-10-6-5-7-11-26/h5-7,10-11,20-21,23-25,30,32-35H,8-9,12-19,22H2,1-4H3,(H,45,47)(H,46,48)(H,49,56)(H,50,57)/t24-,30?,32+,33+,34+,35-/m1/s1. The quantitative estimate of drug-likeness (QED) is 0.204. The maximum Gasteiger partial charge on any atom is 0.407 e. The van der Waals surface area contributed by atoms with Crippen LogP contribution in [0.25, 0.3) is 11.3 Å². The molecule has 18 heteroatoms. The number of halogens is 2. The number of amides is 4. The minimum atomic E-state index is -0.974. The monoisotopic (exact) mass is 833 g/mol. The van der Waals surface area contributed by atoms with Gasteiger partial charge in [-0.15, -0.1) is 0 Å². The predicted molar refractivity (Wildman–Crippen MR) is 217 cm³/mol. The van der Waals surface area contributed by atoms with Crippen LogP contribution in [0.2, 0.25) is 0 Å². The van der Waals surface area contributed by atoms with Crippen LogP contribution in [0, 0.1) is 17.6 Å². The third-order valence-corrected chi connectivity index (χ3v) is 12.2. The lowest BCUT2D eigenvalue weighted by molar-refractivity contribution is -0.136. The fraction of sp³-hybridized carbons (Fsp3) is 0.524. The average Bonchev–Trinajstić information content (AvgIpc) is 4.11. The molecule has 4 aliphatic rings. The van der Waals surface area contributed by atoms with E-state index in [4.69, 9.17) is 19.2 Å². The number of hydrogen-bond acceptors (Lipinski definition) is 11. The summed E-state index contributed by atoms with van der Waals surface area (Å²) in [5.74, 6) is -0.538. The van der Waals surface area contributed by atoms with E-state index in [1.54, 1.807) is 45.9 Å². The molecule has 7 rings (SSSR count). The highest BCUT2D eigenvalue weighted by Crippen LogP contribution is 2.37. The highest BCUT2D eigenvalue weighted by Gasteiger charge is 2.42. The third kappa shape index (κ3) is 8.88. The number of carbonyl (C=O) groups excluding carboxylic acids is 4. The van der Waals surface area contributed by atoms with Crippen LogP contribution in [0.4, 0.5) is 24.1 Å². The zero-order valence-corrected chi connectivity index (χ0v) is 34.3. The first kappa shape index (κ1) is 42.3. The number of aromatic amines is 1. The summed E-state index contributed by atoms with van der Waals surface area (Å²) < 4.78 is 46.7. The van der Waals surface area contributed by atoms with Crippen LogP contribution >= 0.6 is 0 Å². The van der Waals surface area contributed by atoms with Gasteiger partial charge in [-0.2, -0.15) is 0 Å². The van der Waals surface area contributed by atoms with E-state index in [0.717, 1.165) is 18.7 Å². The second kappa shape index (κ2) is 18.6. The van der Waals surface area contributed by atoms with Gasteiger partial charge in [0.1, 0.15) is 41.1 Å². The molecule has 16 nitrogen and oxygen atoms in total. The summed E-state index contributed by atoms with van der Waals surface area (Å²) in [7, 11) is 3.96. The number of alkyl carbamates (subject to hydrolysis) is 2. The maximum absolute atomic E-state index is 15.9. The summed E-state index contributed by atoms with van der Waals surface area (Å²) in [6.45, 7) is 4.11. The Morgan fingerprint density at radius 3 is 2.12 bits per heavy atom. The number of anilines is 1. The first-order valence-electron chi connectivity index (χ1n) is 20.5. The number of piperidine rings is 1. The van der Waals surface area contributed by atoms with Gasteiger partial charge < -0.3 is 49.8 Å². The van der Waals surface area contributed by atoms with E-state index in [0.29, 0.717) is 75.5 Å². The van der Waals surface area contributed by atoms with Crippen molar-refractivity contribution in [2.24, 2.45) is 10.9 Å². The Bertz CT molecular complexity index is 2040. The molecule has 2 aromatic carbocycles. The first-order chi connectivity index (χ1) is 29.0. The van der Waals surface area contributed by atoms with Gasteiger partial charge in [-0.05, 0) is 69.1 Å². The van der Waals surface area contributed by atoms with Crippen LogP contribution in [0.15, 0.2) is 53.7 Å². The van der Waals surface area contributed by atoms with Crippen molar-refractivity contribution in [1.29, 1.82) is 0 Å². The molecule has 5 heterocycles. The Morgan fingerprint density at radius 1 is 0.833 bits per heavy atom. The summed E-state index contributed by atoms with van der Waals surface area (Å²) in [5.41, 5.74) is 1.23. The smallest absolute Gasteiger partial charge is 0.407 e. The van der Waals surface area contributed by atoms with Crippen molar-refractivity contribution in [3.63, 3.8) is 0 Å². The Morgan fingerprint density at radius 2 is 1.47 bits per heavy atom. The average molecular weight is 834 g/mol. The molecule has 4 aliphatic heterocycles. The van der Waals surface area contributed by atoms with Crippen LogP contribution in [-0.4, -0.2) is 128 Å². The van der Waals surface area contributed by atoms with Crippen molar-refractivity contribution in [1.82, 2.24) is 35.7 Å². The van der Waals surface area contributed by atoms with E-state index in [1.165, 1.54) is 39.7 Å². The Labute approximate surface area is 347 Å². The largest absolute Gasteiger partial charge is 0.453 e. The number of amidine groups is 1. The van der Waals surface area contributed by atoms with Gasteiger partial charge in [0.15, 0.2) is 0 Å².